The monoisotopic (exact) mass is 304 g/mol. The molecule has 112 valence electrons. The van der Waals surface area contributed by atoms with Crippen LogP contribution in [0, 0.1) is 0 Å². The van der Waals surface area contributed by atoms with Crippen molar-refractivity contribution >= 4 is 17.2 Å². The van der Waals surface area contributed by atoms with Crippen molar-refractivity contribution in [3.63, 3.8) is 0 Å². The molecule has 1 fully saturated rings. The number of likely N-dealkylation sites (tertiary alicyclic amines) is 1. The molecule has 21 heavy (non-hydrogen) atoms. The van der Waals surface area contributed by atoms with Gasteiger partial charge < -0.3 is 9.47 Å². The molecule has 1 saturated heterocycles. The Hall–Kier alpha value is -1.69. The first-order valence-electron chi connectivity index (χ1n) is 7.38. The van der Waals surface area contributed by atoms with E-state index in [2.05, 4.69) is 21.6 Å². The molecule has 2 aromatic rings. The molecule has 0 aromatic carbocycles. The van der Waals surface area contributed by atoms with Crippen LogP contribution < -0.4 is 0 Å². The SMILES string of the molecule is Cn1cnnc1[C@H]1CCCN(C(=O)CCc2cccs2)C1. The van der Waals surface area contributed by atoms with Crippen LogP contribution in [0.25, 0.3) is 0 Å². The lowest BCUT2D eigenvalue weighted by molar-refractivity contribution is -0.132. The van der Waals surface area contributed by atoms with Crippen molar-refractivity contribution in [2.24, 2.45) is 7.05 Å². The van der Waals surface area contributed by atoms with Gasteiger partial charge in [-0.3, -0.25) is 4.79 Å². The smallest absolute Gasteiger partial charge is 0.222 e. The predicted octanol–water partition coefficient (Wildman–Crippen LogP) is 2.22. The van der Waals surface area contributed by atoms with Crippen molar-refractivity contribution in [2.45, 2.75) is 31.6 Å². The first-order chi connectivity index (χ1) is 10.2. The summed E-state index contributed by atoms with van der Waals surface area (Å²) in [6, 6.07) is 4.13. The van der Waals surface area contributed by atoms with E-state index < -0.39 is 0 Å². The van der Waals surface area contributed by atoms with Gasteiger partial charge in [0, 0.05) is 37.4 Å². The zero-order chi connectivity index (χ0) is 14.7. The molecule has 0 N–H and O–H groups in total. The number of hydrogen-bond acceptors (Lipinski definition) is 4. The van der Waals surface area contributed by atoms with Crippen molar-refractivity contribution in [1.82, 2.24) is 19.7 Å². The Bertz CT molecular complexity index is 593. The second kappa shape index (κ2) is 6.39. The molecule has 5 nitrogen and oxygen atoms in total. The lowest BCUT2D eigenvalue weighted by atomic mass is 9.97. The van der Waals surface area contributed by atoms with Gasteiger partial charge in [-0.05, 0) is 30.7 Å². The maximum absolute atomic E-state index is 12.4. The van der Waals surface area contributed by atoms with Gasteiger partial charge in [0.2, 0.25) is 5.91 Å². The van der Waals surface area contributed by atoms with Crippen LogP contribution in [-0.2, 0) is 18.3 Å². The summed E-state index contributed by atoms with van der Waals surface area (Å²) in [5.74, 6) is 1.57. The number of nitrogens with zero attached hydrogens (tertiary/aromatic N) is 4. The largest absolute Gasteiger partial charge is 0.342 e. The highest BCUT2D eigenvalue weighted by molar-refractivity contribution is 7.09. The summed E-state index contributed by atoms with van der Waals surface area (Å²) in [4.78, 5) is 15.7. The molecule has 3 heterocycles. The van der Waals surface area contributed by atoms with Crippen LogP contribution in [0.15, 0.2) is 23.8 Å². The molecule has 0 spiro atoms. The van der Waals surface area contributed by atoms with Gasteiger partial charge in [0.25, 0.3) is 0 Å². The highest BCUT2D eigenvalue weighted by Gasteiger charge is 2.27. The van der Waals surface area contributed by atoms with Crippen LogP contribution >= 0.6 is 11.3 Å². The summed E-state index contributed by atoms with van der Waals surface area (Å²) in [6.07, 6.45) is 5.31. The quantitative estimate of drug-likeness (QED) is 0.870. The number of rotatable bonds is 4. The molecule has 0 bridgehead atoms. The molecule has 1 amide bonds. The highest BCUT2D eigenvalue weighted by atomic mass is 32.1. The number of carbonyl (C=O) groups is 1. The van der Waals surface area contributed by atoms with Crippen LogP contribution in [0.1, 0.15) is 35.9 Å². The fourth-order valence-corrected chi connectivity index (χ4v) is 3.63. The molecule has 1 atom stereocenters. The maximum Gasteiger partial charge on any atom is 0.222 e. The minimum absolute atomic E-state index is 0.260. The van der Waals surface area contributed by atoms with Gasteiger partial charge in [0.1, 0.15) is 12.2 Å². The summed E-state index contributed by atoms with van der Waals surface area (Å²) in [6.45, 7) is 1.65. The first-order valence-corrected chi connectivity index (χ1v) is 8.26. The van der Waals surface area contributed by atoms with Crippen molar-refractivity contribution in [3.8, 4) is 0 Å². The van der Waals surface area contributed by atoms with Gasteiger partial charge in [-0.15, -0.1) is 21.5 Å². The third-order valence-corrected chi connectivity index (χ3v) is 4.99. The van der Waals surface area contributed by atoms with Crippen LogP contribution in [-0.4, -0.2) is 38.7 Å². The molecule has 3 rings (SSSR count). The maximum atomic E-state index is 12.4. The first kappa shape index (κ1) is 14.3. The number of aromatic nitrogens is 3. The van der Waals surface area contributed by atoms with Crippen molar-refractivity contribution in [2.75, 3.05) is 13.1 Å². The lowest BCUT2D eigenvalue weighted by Gasteiger charge is -2.32. The number of aryl methyl sites for hydroxylation is 2. The average Bonchev–Trinajstić information content (AvgIpc) is 3.16. The van der Waals surface area contributed by atoms with Crippen LogP contribution in [0.5, 0.6) is 0 Å². The second-order valence-corrected chi connectivity index (χ2v) is 6.59. The van der Waals surface area contributed by atoms with Crippen molar-refractivity contribution in [3.05, 3.63) is 34.5 Å². The number of hydrogen-bond donors (Lipinski definition) is 0. The molecular weight excluding hydrogens is 284 g/mol. The fraction of sp³-hybridized carbons (Fsp3) is 0.533. The molecule has 0 aliphatic carbocycles. The number of carbonyl (C=O) groups excluding carboxylic acids is 1. The van der Waals surface area contributed by atoms with E-state index in [4.69, 9.17) is 0 Å². The number of piperidine rings is 1. The minimum Gasteiger partial charge on any atom is -0.342 e. The minimum atomic E-state index is 0.260. The van der Waals surface area contributed by atoms with Gasteiger partial charge in [-0.25, -0.2) is 0 Å². The Morgan fingerprint density at radius 1 is 1.52 bits per heavy atom. The molecule has 0 unspecified atom stereocenters. The van der Waals surface area contributed by atoms with E-state index in [1.54, 1.807) is 17.7 Å². The summed E-state index contributed by atoms with van der Waals surface area (Å²) in [7, 11) is 1.97. The Labute approximate surface area is 128 Å². The van der Waals surface area contributed by atoms with E-state index in [1.165, 1.54) is 4.88 Å². The third-order valence-electron chi connectivity index (χ3n) is 4.05. The zero-order valence-electron chi connectivity index (χ0n) is 12.2. The van der Waals surface area contributed by atoms with Gasteiger partial charge >= 0.3 is 0 Å². The molecular formula is C15H20N4OS. The zero-order valence-corrected chi connectivity index (χ0v) is 13.1. The van der Waals surface area contributed by atoms with E-state index >= 15 is 0 Å². The molecule has 0 radical (unpaired) electrons. The summed E-state index contributed by atoms with van der Waals surface area (Å²) in [5, 5.41) is 10.2. The number of thiophene rings is 1. The summed E-state index contributed by atoms with van der Waals surface area (Å²) < 4.78 is 1.96. The van der Waals surface area contributed by atoms with Crippen LogP contribution in [0.4, 0.5) is 0 Å². The molecule has 6 heteroatoms. The lowest BCUT2D eigenvalue weighted by Crippen LogP contribution is -2.39. The fourth-order valence-electron chi connectivity index (χ4n) is 2.92. The number of amides is 1. The van der Waals surface area contributed by atoms with E-state index in [0.29, 0.717) is 12.3 Å². The normalized spacial score (nSPS) is 18.9. The van der Waals surface area contributed by atoms with Gasteiger partial charge in [0.05, 0.1) is 0 Å². The van der Waals surface area contributed by atoms with Crippen molar-refractivity contribution < 1.29 is 4.79 Å². The predicted molar refractivity (Wildman–Crippen MR) is 82.2 cm³/mol. The van der Waals surface area contributed by atoms with Crippen molar-refractivity contribution in [1.29, 1.82) is 0 Å². The van der Waals surface area contributed by atoms with Crippen LogP contribution in [0.3, 0.4) is 0 Å². The van der Waals surface area contributed by atoms with Gasteiger partial charge in [-0.1, -0.05) is 6.07 Å². The summed E-state index contributed by atoms with van der Waals surface area (Å²) in [5.41, 5.74) is 0. The van der Waals surface area contributed by atoms with E-state index in [9.17, 15) is 4.79 Å². The Kier molecular flexibility index (Phi) is 4.34. The molecule has 1 aliphatic heterocycles. The second-order valence-electron chi connectivity index (χ2n) is 5.56. The Balaban J connectivity index is 1.58. The Morgan fingerprint density at radius 3 is 3.14 bits per heavy atom. The Morgan fingerprint density at radius 2 is 2.43 bits per heavy atom. The third kappa shape index (κ3) is 3.32. The highest BCUT2D eigenvalue weighted by Crippen LogP contribution is 2.25. The van der Waals surface area contributed by atoms with E-state index in [-0.39, 0.29) is 5.91 Å². The van der Waals surface area contributed by atoms with E-state index in [0.717, 1.165) is 38.2 Å². The van der Waals surface area contributed by atoms with Gasteiger partial charge in [0.15, 0.2) is 0 Å². The standard InChI is InChI=1S/C15H20N4OS/c1-18-11-16-17-15(18)12-4-2-8-19(10-12)14(20)7-6-13-5-3-9-21-13/h3,5,9,11-12H,2,4,6-8,10H2,1H3/t12-/m0/s1. The molecule has 0 saturated carbocycles. The molecule has 1 aliphatic rings. The van der Waals surface area contributed by atoms with Crippen LogP contribution in [0.2, 0.25) is 0 Å². The molecule has 2 aromatic heterocycles. The topological polar surface area (TPSA) is 51.0 Å². The average molecular weight is 304 g/mol. The summed E-state index contributed by atoms with van der Waals surface area (Å²) >= 11 is 1.72. The van der Waals surface area contributed by atoms with E-state index in [1.807, 2.05) is 22.6 Å². The van der Waals surface area contributed by atoms with Gasteiger partial charge in [-0.2, -0.15) is 0 Å².